The van der Waals surface area contributed by atoms with Crippen LogP contribution in [0, 0.1) is 0 Å². The molecule has 23 heavy (non-hydrogen) atoms. The Morgan fingerprint density at radius 2 is 2.00 bits per heavy atom. The summed E-state index contributed by atoms with van der Waals surface area (Å²) in [6.45, 7) is 3.80. The maximum absolute atomic E-state index is 12.2. The average molecular weight is 315 g/mol. The molecule has 6 nitrogen and oxygen atoms in total. The Balaban J connectivity index is 1.46. The van der Waals surface area contributed by atoms with E-state index in [2.05, 4.69) is 17.2 Å². The number of carbonyl (C=O) groups excluding carboxylic acids is 1. The number of hydrogen-bond acceptors (Lipinski definition) is 4. The minimum atomic E-state index is 0.236. The summed E-state index contributed by atoms with van der Waals surface area (Å²) in [4.78, 5) is 20.0. The van der Waals surface area contributed by atoms with Crippen LogP contribution in [0.25, 0.3) is 11.4 Å². The predicted octanol–water partition coefficient (Wildman–Crippen LogP) is 0.416. The topological polar surface area (TPSA) is 63.7 Å². The van der Waals surface area contributed by atoms with Crippen LogP contribution in [0.1, 0.15) is 18.7 Å². The number of aryl methyl sites for hydroxylation is 1. The summed E-state index contributed by atoms with van der Waals surface area (Å²) in [5, 5.41) is 4.00. The summed E-state index contributed by atoms with van der Waals surface area (Å²) in [5.74, 6) is 1.44. The summed E-state index contributed by atoms with van der Waals surface area (Å²) >= 11 is 0. The van der Waals surface area contributed by atoms with E-state index in [-0.39, 0.29) is 5.91 Å². The number of nitrogens with zero attached hydrogens (tertiary/aromatic N) is 3. The van der Waals surface area contributed by atoms with Gasteiger partial charge in [-0.05, 0) is 6.42 Å². The predicted molar refractivity (Wildman–Crippen MR) is 85.9 cm³/mol. The first-order valence-electron chi connectivity index (χ1n) is 8.19. The normalized spacial score (nSPS) is 15.8. The Bertz CT molecular complexity index is 633. The second kappa shape index (κ2) is 7.37. The third-order valence-corrected chi connectivity index (χ3v) is 4.25. The smallest absolute Gasteiger partial charge is 0.226 e. The number of aromatic nitrogens is 2. The van der Waals surface area contributed by atoms with Gasteiger partial charge in [0.05, 0.1) is 33.2 Å². The molecular formula is C17H23N4O2+. The van der Waals surface area contributed by atoms with Crippen LogP contribution < -0.4 is 4.90 Å². The fourth-order valence-electron chi connectivity index (χ4n) is 2.75. The van der Waals surface area contributed by atoms with Crippen molar-refractivity contribution < 1.29 is 14.2 Å². The standard InChI is InChI=1S/C17H22N4O2/c1-20-10-12-21(13-11-20)16(22)9-5-8-15-18-17(19-23-15)14-6-3-2-4-7-14/h2-4,6-7H,5,8-13H2,1H3/p+1. The Hall–Kier alpha value is -2.21. The lowest BCUT2D eigenvalue weighted by Crippen LogP contribution is -3.12. The minimum Gasteiger partial charge on any atom is -0.339 e. The maximum Gasteiger partial charge on any atom is 0.226 e. The van der Waals surface area contributed by atoms with E-state index in [9.17, 15) is 4.79 Å². The molecule has 1 amide bonds. The van der Waals surface area contributed by atoms with Crippen LogP contribution in [0.2, 0.25) is 0 Å². The molecule has 2 aromatic rings. The van der Waals surface area contributed by atoms with Gasteiger partial charge in [0.25, 0.3) is 0 Å². The van der Waals surface area contributed by atoms with E-state index in [1.54, 1.807) is 0 Å². The van der Waals surface area contributed by atoms with E-state index < -0.39 is 0 Å². The molecule has 1 saturated heterocycles. The minimum absolute atomic E-state index is 0.236. The molecule has 1 fully saturated rings. The Labute approximate surface area is 136 Å². The van der Waals surface area contributed by atoms with E-state index in [0.717, 1.165) is 38.2 Å². The van der Waals surface area contributed by atoms with Gasteiger partial charge in [-0.2, -0.15) is 4.98 Å². The first kappa shape index (κ1) is 15.7. The van der Waals surface area contributed by atoms with Crippen molar-refractivity contribution in [1.29, 1.82) is 0 Å². The van der Waals surface area contributed by atoms with Gasteiger partial charge < -0.3 is 14.3 Å². The zero-order valence-corrected chi connectivity index (χ0v) is 13.5. The first-order valence-corrected chi connectivity index (χ1v) is 8.19. The van der Waals surface area contributed by atoms with E-state index in [4.69, 9.17) is 4.52 Å². The van der Waals surface area contributed by atoms with Crippen molar-refractivity contribution in [3.63, 3.8) is 0 Å². The third kappa shape index (κ3) is 4.16. The van der Waals surface area contributed by atoms with Crippen LogP contribution in [-0.4, -0.2) is 54.2 Å². The number of rotatable bonds is 5. The molecule has 0 unspecified atom stereocenters. The molecule has 1 aliphatic heterocycles. The van der Waals surface area contributed by atoms with E-state index >= 15 is 0 Å². The van der Waals surface area contributed by atoms with Crippen LogP contribution in [0.15, 0.2) is 34.9 Å². The monoisotopic (exact) mass is 315 g/mol. The van der Waals surface area contributed by atoms with E-state index in [1.165, 1.54) is 4.90 Å². The number of benzene rings is 1. The summed E-state index contributed by atoms with van der Waals surface area (Å²) < 4.78 is 5.27. The maximum atomic E-state index is 12.2. The summed E-state index contributed by atoms with van der Waals surface area (Å²) in [7, 11) is 2.17. The highest BCUT2D eigenvalue weighted by Gasteiger charge is 2.21. The Morgan fingerprint density at radius 1 is 1.26 bits per heavy atom. The number of likely N-dealkylation sites (N-methyl/N-ethyl adjacent to an activating group) is 1. The highest BCUT2D eigenvalue weighted by molar-refractivity contribution is 5.76. The summed E-state index contributed by atoms with van der Waals surface area (Å²) in [5.41, 5.74) is 0.943. The second-order valence-corrected chi connectivity index (χ2v) is 6.07. The lowest BCUT2D eigenvalue weighted by atomic mass is 10.2. The van der Waals surface area contributed by atoms with Gasteiger partial charge in [0.2, 0.25) is 17.6 Å². The highest BCUT2D eigenvalue weighted by atomic mass is 16.5. The van der Waals surface area contributed by atoms with Crippen molar-refractivity contribution in [3.05, 3.63) is 36.2 Å². The molecule has 122 valence electrons. The van der Waals surface area contributed by atoms with Crippen LogP contribution in [-0.2, 0) is 11.2 Å². The molecule has 1 N–H and O–H groups in total. The third-order valence-electron chi connectivity index (χ3n) is 4.25. The molecule has 0 aliphatic carbocycles. The van der Waals surface area contributed by atoms with Crippen molar-refractivity contribution >= 4 is 5.91 Å². The fourth-order valence-corrected chi connectivity index (χ4v) is 2.75. The van der Waals surface area contributed by atoms with Crippen LogP contribution in [0.5, 0.6) is 0 Å². The molecule has 2 heterocycles. The van der Waals surface area contributed by atoms with E-state index in [0.29, 0.717) is 24.6 Å². The Morgan fingerprint density at radius 3 is 2.74 bits per heavy atom. The first-order chi connectivity index (χ1) is 11.2. The molecule has 1 aliphatic rings. The lowest BCUT2D eigenvalue weighted by molar-refractivity contribution is -0.883. The van der Waals surface area contributed by atoms with Crippen molar-refractivity contribution in [2.45, 2.75) is 19.3 Å². The largest absolute Gasteiger partial charge is 0.339 e. The van der Waals surface area contributed by atoms with Gasteiger partial charge in [-0.1, -0.05) is 35.5 Å². The Kier molecular flexibility index (Phi) is 5.02. The number of quaternary nitrogens is 1. The fraction of sp³-hybridized carbons (Fsp3) is 0.471. The van der Waals surface area contributed by atoms with Gasteiger partial charge in [-0.3, -0.25) is 4.79 Å². The molecular weight excluding hydrogens is 292 g/mol. The number of amides is 1. The molecule has 6 heteroatoms. The van der Waals surface area contributed by atoms with Crippen LogP contribution in [0.4, 0.5) is 0 Å². The zero-order chi connectivity index (χ0) is 16.1. The van der Waals surface area contributed by atoms with Crippen LogP contribution >= 0.6 is 0 Å². The van der Waals surface area contributed by atoms with Crippen molar-refractivity contribution in [1.82, 2.24) is 15.0 Å². The van der Waals surface area contributed by atoms with Gasteiger partial charge in [0.15, 0.2) is 0 Å². The average Bonchev–Trinajstić information content (AvgIpc) is 3.05. The molecule has 3 rings (SSSR count). The molecule has 0 spiro atoms. The molecule has 0 atom stereocenters. The van der Waals surface area contributed by atoms with Crippen molar-refractivity contribution in [2.75, 3.05) is 33.2 Å². The molecule has 0 bridgehead atoms. The summed E-state index contributed by atoms with van der Waals surface area (Å²) in [6, 6.07) is 9.75. The summed E-state index contributed by atoms with van der Waals surface area (Å²) in [6.07, 6.45) is 1.93. The van der Waals surface area contributed by atoms with Crippen molar-refractivity contribution in [3.8, 4) is 11.4 Å². The number of nitrogens with one attached hydrogen (secondary N) is 1. The second-order valence-electron chi connectivity index (χ2n) is 6.07. The quantitative estimate of drug-likeness (QED) is 0.868. The van der Waals surface area contributed by atoms with Gasteiger partial charge in [-0.15, -0.1) is 0 Å². The zero-order valence-electron chi connectivity index (χ0n) is 13.5. The number of piperazine rings is 1. The molecule has 1 aromatic carbocycles. The number of carbonyl (C=O) groups is 1. The van der Waals surface area contributed by atoms with Crippen molar-refractivity contribution in [2.24, 2.45) is 0 Å². The SMILES string of the molecule is C[NH+]1CCN(C(=O)CCCc2nc(-c3ccccc3)no2)CC1. The van der Waals surface area contributed by atoms with Gasteiger partial charge in [0, 0.05) is 18.4 Å². The molecule has 0 radical (unpaired) electrons. The molecule has 1 aromatic heterocycles. The lowest BCUT2D eigenvalue weighted by Gasteiger charge is -2.30. The highest BCUT2D eigenvalue weighted by Crippen LogP contribution is 2.15. The van der Waals surface area contributed by atoms with E-state index in [1.807, 2.05) is 35.2 Å². The van der Waals surface area contributed by atoms with Crippen LogP contribution in [0.3, 0.4) is 0 Å². The molecule has 0 saturated carbocycles. The van der Waals surface area contributed by atoms with Gasteiger partial charge in [0.1, 0.15) is 0 Å². The number of hydrogen-bond donors (Lipinski definition) is 1. The van der Waals surface area contributed by atoms with Gasteiger partial charge in [-0.25, -0.2) is 0 Å². The van der Waals surface area contributed by atoms with Gasteiger partial charge >= 0.3 is 0 Å².